The van der Waals surface area contributed by atoms with Crippen LogP contribution < -0.4 is 10.6 Å². The molecule has 5 nitrogen and oxygen atoms in total. The fourth-order valence-corrected chi connectivity index (χ4v) is 2.54. The number of hydrogen-bond donors (Lipinski definition) is 2. The number of hydrogen-bond acceptors (Lipinski definition) is 3. The van der Waals surface area contributed by atoms with Crippen LogP contribution in [-0.4, -0.2) is 22.8 Å². The fourth-order valence-electron chi connectivity index (χ4n) is 2.54. The lowest BCUT2D eigenvalue weighted by Gasteiger charge is -2.20. The number of pyridine rings is 1. The Morgan fingerprint density at radius 3 is 2.04 bits per heavy atom. The Balaban J connectivity index is 1.94. The molecule has 138 valence electrons. The van der Waals surface area contributed by atoms with Crippen molar-refractivity contribution in [3.05, 3.63) is 65.5 Å². The number of amides is 2. The van der Waals surface area contributed by atoms with Gasteiger partial charge in [0.05, 0.1) is 6.04 Å². The number of nitrogens with zero attached hydrogens (tertiary/aromatic N) is 1. The molecule has 0 spiro atoms. The molecule has 1 aromatic carbocycles. The molecule has 2 N–H and O–H groups in total. The summed E-state index contributed by atoms with van der Waals surface area (Å²) in [7, 11) is 0. The van der Waals surface area contributed by atoms with Gasteiger partial charge in [-0.3, -0.25) is 14.6 Å². The Kier molecular flexibility index (Phi) is 6.14. The van der Waals surface area contributed by atoms with Crippen LogP contribution in [0.25, 0.3) is 0 Å². The van der Waals surface area contributed by atoms with Gasteiger partial charge in [0.1, 0.15) is 6.04 Å². The third kappa shape index (κ3) is 5.15. The first-order valence-electron chi connectivity index (χ1n) is 8.80. The van der Waals surface area contributed by atoms with Crippen LogP contribution in [0.5, 0.6) is 0 Å². The Morgan fingerprint density at radius 1 is 0.923 bits per heavy atom. The molecule has 5 heteroatoms. The third-order valence-electron chi connectivity index (χ3n) is 4.32. The molecular formula is C21H27N3O2. The van der Waals surface area contributed by atoms with Crippen molar-refractivity contribution in [2.24, 2.45) is 0 Å². The topological polar surface area (TPSA) is 71.1 Å². The van der Waals surface area contributed by atoms with Crippen LogP contribution in [0, 0.1) is 0 Å². The zero-order valence-corrected chi connectivity index (χ0v) is 16.0. The van der Waals surface area contributed by atoms with Gasteiger partial charge in [-0.25, -0.2) is 0 Å². The second-order valence-electron chi connectivity index (χ2n) is 7.53. The fraction of sp³-hybridized carbons (Fsp3) is 0.381. The molecule has 0 aliphatic rings. The number of rotatable bonds is 5. The van der Waals surface area contributed by atoms with Gasteiger partial charge in [-0.1, -0.05) is 32.9 Å². The molecule has 0 bridgehead atoms. The van der Waals surface area contributed by atoms with Gasteiger partial charge in [0.2, 0.25) is 5.91 Å². The van der Waals surface area contributed by atoms with Crippen molar-refractivity contribution < 1.29 is 9.59 Å². The van der Waals surface area contributed by atoms with Gasteiger partial charge in [-0.15, -0.1) is 0 Å². The maximum atomic E-state index is 12.4. The molecule has 1 aromatic heterocycles. The average molecular weight is 353 g/mol. The summed E-state index contributed by atoms with van der Waals surface area (Å²) in [5.74, 6) is -0.487. The van der Waals surface area contributed by atoms with Gasteiger partial charge >= 0.3 is 0 Å². The van der Waals surface area contributed by atoms with E-state index < -0.39 is 6.04 Å². The number of nitrogens with one attached hydrogen (secondary N) is 2. The molecular weight excluding hydrogens is 326 g/mol. The SMILES string of the molecule is CC(NC(=O)c1ccc(C(C)(C)C)cc1)C(=O)NC(C)c1ccncc1. The predicted octanol–water partition coefficient (Wildman–Crippen LogP) is 3.37. The van der Waals surface area contributed by atoms with Crippen LogP contribution in [0.1, 0.15) is 62.1 Å². The van der Waals surface area contributed by atoms with E-state index in [1.807, 2.05) is 31.2 Å². The second kappa shape index (κ2) is 8.13. The molecule has 2 aromatic rings. The van der Waals surface area contributed by atoms with E-state index in [4.69, 9.17) is 0 Å². The van der Waals surface area contributed by atoms with E-state index in [-0.39, 0.29) is 23.3 Å². The molecule has 0 saturated heterocycles. The Hall–Kier alpha value is -2.69. The summed E-state index contributed by atoms with van der Waals surface area (Å²) in [6.07, 6.45) is 3.37. The minimum absolute atomic E-state index is 0.0330. The molecule has 2 unspecified atom stereocenters. The van der Waals surface area contributed by atoms with Gasteiger partial charge in [0.25, 0.3) is 5.91 Å². The normalized spacial score (nSPS) is 13.6. The molecule has 2 rings (SSSR count). The van der Waals surface area contributed by atoms with Crippen molar-refractivity contribution in [2.75, 3.05) is 0 Å². The van der Waals surface area contributed by atoms with Crippen molar-refractivity contribution >= 4 is 11.8 Å². The van der Waals surface area contributed by atoms with E-state index in [0.29, 0.717) is 5.56 Å². The quantitative estimate of drug-likeness (QED) is 0.866. The van der Waals surface area contributed by atoms with Gasteiger partial charge < -0.3 is 10.6 Å². The summed E-state index contributed by atoms with van der Waals surface area (Å²) in [5, 5.41) is 5.65. The van der Waals surface area contributed by atoms with E-state index in [1.54, 1.807) is 31.5 Å². The summed E-state index contributed by atoms with van der Waals surface area (Å²) in [6, 6.07) is 10.4. The van der Waals surface area contributed by atoms with E-state index in [1.165, 1.54) is 0 Å². The molecule has 2 atom stereocenters. The highest BCUT2D eigenvalue weighted by atomic mass is 16.2. The van der Waals surface area contributed by atoms with Gasteiger partial charge in [0, 0.05) is 18.0 Å². The first-order chi connectivity index (χ1) is 12.2. The smallest absolute Gasteiger partial charge is 0.251 e. The van der Waals surface area contributed by atoms with Crippen LogP contribution in [-0.2, 0) is 10.2 Å². The minimum atomic E-state index is -0.630. The van der Waals surface area contributed by atoms with Crippen LogP contribution >= 0.6 is 0 Å². The Morgan fingerprint density at radius 2 is 1.50 bits per heavy atom. The lowest BCUT2D eigenvalue weighted by atomic mass is 9.86. The molecule has 1 heterocycles. The number of aromatic nitrogens is 1. The monoisotopic (exact) mass is 353 g/mol. The van der Waals surface area contributed by atoms with Crippen molar-refractivity contribution in [1.82, 2.24) is 15.6 Å². The zero-order chi connectivity index (χ0) is 19.3. The number of benzene rings is 1. The van der Waals surface area contributed by atoms with E-state index in [2.05, 4.69) is 36.4 Å². The summed E-state index contributed by atoms with van der Waals surface area (Å²) >= 11 is 0. The van der Waals surface area contributed by atoms with Crippen LogP contribution in [0.4, 0.5) is 0 Å². The highest BCUT2D eigenvalue weighted by Gasteiger charge is 2.19. The van der Waals surface area contributed by atoms with Gasteiger partial charge in [-0.2, -0.15) is 0 Å². The number of carbonyl (C=O) groups is 2. The first-order valence-corrected chi connectivity index (χ1v) is 8.80. The maximum Gasteiger partial charge on any atom is 0.251 e. The largest absolute Gasteiger partial charge is 0.348 e. The van der Waals surface area contributed by atoms with Crippen molar-refractivity contribution in [2.45, 2.75) is 52.1 Å². The molecule has 0 fully saturated rings. The molecule has 0 saturated carbocycles. The zero-order valence-electron chi connectivity index (χ0n) is 16.0. The lowest BCUT2D eigenvalue weighted by Crippen LogP contribution is -2.45. The summed E-state index contributed by atoms with van der Waals surface area (Å²) in [5.41, 5.74) is 2.70. The van der Waals surface area contributed by atoms with Crippen LogP contribution in [0.3, 0.4) is 0 Å². The summed E-state index contributed by atoms with van der Waals surface area (Å²) in [4.78, 5) is 28.7. The highest BCUT2D eigenvalue weighted by molar-refractivity contribution is 5.97. The van der Waals surface area contributed by atoms with E-state index in [9.17, 15) is 9.59 Å². The molecule has 0 aliphatic heterocycles. The standard InChI is InChI=1S/C21H27N3O2/c1-14(16-10-12-22-13-11-16)23-19(25)15(2)24-20(26)17-6-8-18(9-7-17)21(3,4)5/h6-15H,1-5H3,(H,23,25)(H,24,26). The molecule has 2 amide bonds. The van der Waals surface area contributed by atoms with Gasteiger partial charge in [0.15, 0.2) is 0 Å². The van der Waals surface area contributed by atoms with Gasteiger partial charge in [-0.05, 0) is 54.7 Å². The first kappa shape index (κ1) is 19.6. The predicted molar refractivity (Wildman–Crippen MR) is 103 cm³/mol. The molecule has 0 aliphatic carbocycles. The Bertz CT molecular complexity index is 749. The number of carbonyl (C=O) groups excluding carboxylic acids is 2. The second-order valence-corrected chi connectivity index (χ2v) is 7.53. The molecule has 0 radical (unpaired) electrons. The Labute approximate surface area is 155 Å². The van der Waals surface area contributed by atoms with E-state index in [0.717, 1.165) is 11.1 Å². The third-order valence-corrected chi connectivity index (χ3v) is 4.32. The highest BCUT2D eigenvalue weighted by Crippen LogP contribution is 2.22. The average Bonchev–Trinajstić information content (AvgIpc) is 2.61. The lowest BCUT2D eigenvalue weighted by molar-refractivity contribution is -0.123. The maximum absolute atomic E-state index is 12.4. The van der Waals surface area contributed by atoms with Crippen molar-refractivity contribution in [3.8, 4) is 0 Å². The van der Waals surface area contributed by atoms with Crippen LogP contribution in [0.15, 0.2) is 48.8 Å². The molecule has 26 heavy (non-hydrogen) atoms. The van der Waals surface area contributed by atoms with Crippen LogP contribution in [0.2, 0.25) is 0 Å². The van der Waals surface area contributed by atoms with Crippen molar-refractivity contribution in [1.29, 1.82) is 0 Å². The minimum Gasteiger partial charge on any atom is -0.348 e. The van der Waals surface area contributed by atoms with Crippen molar-refractivity contribution in [3.63, 3.8) is 0 Å². The van der Waals surface area contributed by atoms with E-state index >= 15 is 0 Å². The summed E-state index contributed by atoms with van der Waals surface area (Å²) in [6.45, 7) is 9.94. The summed E-state index contributed by atoms with van der Waals surface area (Å²) < 4.78 is 0.